The Kier molecular flexibility index (Phi) is 4.91. The molecule has 2 heterocycles. The summed E-state index contributed by atoms with van der Waals surface area (Å²) in [5.74, 6) is 0. The first-order valence-corrected chi connectivity index (χ1v) is 7.79. The molecular formula is C16H20ClN3O. The summed E-state index contributed by atoms with van der Waals surface area (Å²) in [6.07, 6.45) is 6.32. The lowest BCUT2D eigenvalue weighted by Crippen LogP contribution is -2.33. The number of halogens is 1. The quantitative estimate of drug-likeness (QED) is 0.923. The van der Waals surface area contributed by atoms with Crippen LogP contribution in [0.15, 0.2) is 36.8 Å². The van der Waals surface area contributed by atoms with Crippen molar-refractivity contribution in [1.29, 1.82) is 0 Å². The van der Waals surface area contributed by atoms with E-state index < -0.39 is 0 Å². The van der Waals surface area contributed by atoms with E-state index in [1.807, 2.05) is 36.8 Å². The molecule has 21 heavy (non-hydrogen) atoms. The monoisotopic (exact) mass is 305 g/mol. The molecule has 0 atom stereocenters. The minimum atomic E-state index is 0.393. The highest BCUT2D eigenvalue weighted by Gasteiger charge is 2.13. The zero-order valence-electron chi connectivity index (χ0n) is 12.0. The molecular weight excluding hydrogens is 286 g/mol. The zero-order valence-corrected chi connectivity index (χ0v) is 12.7. The van der Waals surface area contributed by atoms with Crippen LogP contribution in [0, 0.1) is 0 Å². The Bertz CT molecular complexity index is 578. The normalized spacial score (nSPS) is 16.2. The number of ether oxygens (including phenoxy) is 1. The van der Waals surface area contributed by atoms with E-state index in [1.54, 1.807) is 0 Å². The molecule has 0 bridgehead atoms. The summed E-state index contributed by atoms with van der Waals surface area (Å²) >= 11 is 6.06. The van der Waals surface area contributed by atoms with Crippen LogP contribution in [0.4, 0.5) is 0 Å². The van der Waals surface area contributed by atoms with E-state index in [1.165, 1.54) is 0 Å². The second-order valence-corrected chi connectivity index (χ2v) is 5.74. The Morgan fingerprint density at radius 3 is 3.00 bits per heavy atom. The fraction of sp³-hybridized carbons (Fsp3) is 0.438. The molecule has 0 amide bonds. The third-order valence-electron chi connectivity index (χ3n) is 3.80. The lowest BCUT2D eigenvalue weighted by Gasteiger charge is -2.23. The molecule has 0 aliphatic carbocycles. The fourth-order valence-electron chi connectivity index (χ4n) is 2.67. The number of imidazole rings is 1. The van der Waals surface area contributed by atoms with E-state index in [4.69, 9.17) is 16.3 Å². The molecule has 1 aromatic carbocycles. The molecule has 3 rings (SSSR count). The summed E-state index contributed by atoms with van der Waals surface area (Å²) in [6, 6.07) is 7.85. The minimum Gasteiger partial charge on any atom is -0.376 e. The number of rotatable bonds is 5. The van der Waals surface area contributed by atoms with Crippen LogP contribution < -0.4 is 5.32 Å². The highest BCUT2D eigenvalue weighted by atomic mass is 35.5. The summed E-state index contributed by atoms with van der Waals surface area (Å²) in [5.41, 5.74) is 2.16. The van der Waals surface area contributed by atoms with Crippen LogP contribution in [0.2, 0.25) is 5.02 Å². The van der Waals surface area contributed by atoms with Crippen LogP contribution in [0.1, 0.15) is 12.8 Å². The maximum Gasteiger partial charge on any atom is 0.0951 e. The van der Waals surface area contributed by atoms with E-state index >= 15 is 0 Å². The molecule has 2 aromatic rings. The van der Waals surface area contributed by atoms with Gasteiger partial charge >= 0.3 is 0 Å². The Morgan fingerprint density at radius 2 is 2.19 bits per heavy atom. The SMILES string of the molecule is Clc1cccc(-c2cncn2CCOC2CCNCC2)c1. The number of aromatic nitrogens is 2. The van der Waals surface area contributed by atoms with Crippen LogP contribution >= 0.6 is 11.6 Å². The molecule has 0 unspecified atom stereocenters. The van der Waals surface area contributed by atoms with Gasteiger partial charge in [0.1, 0.15) is 0 Å². The highest BCUT2D eigenvalue weighted by molar-refractivity contribution is 6.30. The van der Waals surface area contributed by atoms with Gasteiger partial charge < -0.3 is 14.6 Å². The average Bonchev–Trinajstić information content (AvgIpc) is 2.97. The molecule has 0 radical (unpaired) electrons. The first-order chi connectivity index (χ1) is 10.3. The van der Waals surface area contributed by atoms with Gasteiger partial charge in [-0.3, -0.25) is 0 Å². The van der Waals surface area contributed by atoms with Gasteiger partial charge in [0.15, 0.2) is 0 Å². The van der Waals surface area contributed by atoms with E-state index in [9.17, 15) is 0 Å². The molecule has 1 aromatic heterocycles. The predicted molar refractivity (Wildman–Crippen MR) is 84.5 cm³/mol. The first-order valence-electron chi connectivity index (χ1n) is 7.41. The van der Waals surface area contributed by atoms with Crippen LogP contribution in [0.5, 0.6) is 0 Å². The van der Waals surface area contributed by atoms with Gasteiger partial charge in [-0.2, -0.15) is 0 Å². The summed E-state index contributed by atoms with van der Waals surface area (Å²) in [7, 11) is 0. The molecule has 1 saturated heterocycles. The summed E-state index contributed by atoms with van der Waals surface area (Å²) in [5, 5.41) is 4.09. The lowest BCUT2D eigenvalue weighted by molar-refractivity contribution is 0.0286. The van der Waals surface area contributed by atoms with Crippen molar-refractivity contribution < 1.29 is 4.74 Å². The molecule has 1 N–H and O–H groups in total. The molecule has 0 spiro atoms. The van der Waals surface area contributed by atoms with Gasteiger partial charge in [-0.05, 0) is 38.1 Å². The first kappa shape index (κ1) is 14.6. The van der Waals surface area contributed by atoms with Crippen molar-refractivity contribution in [1.82, 2.24) is 14.9 Å². The van der Waals surface area contributed by atoms with Crippen LogP contribution in [0.3, 0.4) is 0 Å². The Morgan fingerprint density at radius 1 is 1.33 bits per heavy atom. The van der Waals surface area contributed by atoms with Gasteiger partial charge in [-0.25, -0.2) is 4.98 Å². The molecule has 5 heteroatoms. The second kappa shape index (κ2) is 7.07. The van der Waals surface area contributed by atoms with Crippen molar-refractivity contribution in [3.8, 4) is 11.3 Å². The second-order valence-electron chi connectivity index (χ2n) is 5.30. The third kappa shape index (κ3) is 3.84. The van der Waals surface area contributed by atoms with Crippen LogP contribution in [-0.4, -0.2) is 35.4 Å². The van der Waals surface area contributed by atoms with Gasteiger partial charge in [0.2, 0.25) is 0 Å². The van der Waals surface area contributed by atoms with E-state index in [0.29, 0.717) is 12.7 Å². The van der Waals surface area contributed by atoms with Crippen LogP contribution in [-0.2, 0) is 11.3 Å². The van der Waals surface area contributed by atoms with Crippen molar-refractivity contribution in [3.05, 3.63) is 41.8 Å². The number of nitrogens with one attached hydrogen (secondary N) is 1. The molecule has 1 aliphatic heterocycles. The van der Waals surface area contributed by atoms with Crippen molar-refractivity contribution in [2.75, 3.05) is 19.7 Å². The molecule has 0 saturated carbocycles. The summed E-state index contributed by atoms with van der Waals surface area (Å²) in [6.45, 7) is 3.65. The van der Waals surface area contributed by atoms with E-state index in [0.717, 1.165) is 48.8 Å². The predicted octanol–water partition coefficient (Wildman–Crippen LogP) is 2.97. The van der Waals surface area contributed by atoms with Gasteiger partial charge in [0.25, 0.3) is 0 Å². The number of hydrogen-bond acceptors (Lipinski definition) is 3. The Hall–Kier alpha value is -1.36. The standard InChI is InChI=1S/C16H20ClN3O/c17-14-3-1-2-13(10-14)16-11-19-12-20(16)8-9-21-15-4-6-18-7-5-15/h1-3,10-12,15,18H,4-9H2. The lowest BCUT2D eigenvalue weighted by atomic mass is 10.1. The largest absolute Gasteiger partial charge is 0.376 e. The Labute approximate surface area is 130 Å². The van der Waals surface area contributed by atoms with Gasteiger partial charge in [0.05, 0.1) is 30.9 Å². The maximum atomic E-state index is 6.06. The molecule has 1 aliphatic rings. The van der Waals surface area contributed by atoms with Crippen molar-refractivity contribution >= 4 is 11.6 Å². The zero-order chi connectivity index (χ0) is 14.5. The molecule has 1 fully saturated rings. The van der Waals surface area contributed by atoms with Gasteiger partial charge in [0, 0.05) is 17.1 Å². The van der Waals surface area contributed by atoms with Crippen molar-refractivity contribution in [2.24, 2.45) is 0 Å². The Balaban J connectivity index is 1.60. The van der Waals surface area contributed by atoms with Crippen LogP contribution in [0.25, 0.3) is 11.3 Å². The average molecular weight is 306 g/mol. The number of benzene rings is 1. The highest BCUT2D eigenvalue weighted by Crippen LogP contribution is 2.22. The van der Waals surface area contributed by atoms with E-state index in [2.05, 4.69) is 14.9 Å². The maximum absolute atomic E-state index is 6.06. The van der Waals surface area contributed by atoms with Gasteiger partial charge in [-0.1, -0.05) is 23.7 Å². The number of piperidine rings is 1. The fourth-order valence-corrected chi connectivity index (χ4v) is 2.86. The van der Waals surface area contributed by atoms with Crippen molar-refractivity contribution in [2.45, 2.75) is 25.5 Å². The summed E-state index contributed by atoms with van der Waals surface area (Å²) in [4.78, 5) is 4.25. The van der Waals surface area contributed by atoms with Gasteiger partial charge in [-0.15, -0.1) is 0 Å². The third-order valence-corrected chi connectivity index (χ3v) is 4.04. The molecule has 4 nitrogen and oxygen atoms in total. The smallest absolute Gasteiger partial charge is 0.0951 e. The number of nitrogens with zero attached hydrogens (tertiary/aromatic N) is 2. The molecule has 112 valence electrons. The topological polar surface area (TPSA) is 39.1 Å². The minimum absolute atomic E-state index is 0.393. The number of hydrogen-bond donors (Lipinski definition) is 1. The van der Waals surface area contributed by atoms with Crippen molar-refractivity contribution in [3.63, 3.8) is 0 Å². The van der Waals surface area contributed by atoms with E-state index in [-0.39, 0.29) is 0 Å². The summed E-state index contributed by atoms with van der Waals surface area (Å²) < 4.78 is 8.07.